The highest BCUT2D eigenvalue weighted by Crippen LogP contribution is 2.34. The second kappa shape index (κ2) is 3.52. The number of H-pyrrole nitrogens is 1. The molecule has 1 heterocycles. The zero-order valence-corrected chi connectivity index (χ0v) is 8.60. The summed E-state index contributed by atoms with van der Waals surface area (Å²) in [6, 6.07) is 3.37. The Kier molecular flexibility index (Phi) is 2.35. The van der Waals surface area contributed by atoms with Gasteiger partial charge in [0.15, 0.2) is 0 Å². The molecule has 0 atom stereocenters. The number of nitrogens with two attached hydrogens (primary N) is 1. The first-order valence-corrected chi connectivity index (χ1v) is 4.67. The normalized spacial score (nSPS) is 10.4. The molecule has 0 aliphatic rings. The van der Waals surface area contributed by atoms with Gasteiger partial charge in [-0.15, -0.1) is 0 Å². The van der Waals surface area contributed by atoms with Crippen molar-refractivity contribution in [1.29, 1.82) is 0 Å². The number of hydrogen-bond acceptors (Lipinski definition) is 2. The summed E-state index contributed by atoms with van der Waals surface area (Å²) in [5, 5.41) is 0.918. The van der Waals surface area contributed by atoms with Crippen LogP contribution in [0.25, 0.3) is 11.3 Å². The van der Waals surface area contributed by atoms with Crippen molar-refractivity contribution in [1.82, 2.24) is 9.97 Å². The Labute approximate surface area is 90.9 Å². The predicted octanol–water partition coefficient (Wildman–Crippen LogP) is 2.97. The molecule has 0 bridgehead atoms. The monoisotopic (exact) mass is 227 g/mol. The van der Waals surface area contributed by atoms with E-state index in [1.165, 1.54) is 0 Å². The van der Waals surface area contributed by atoms with Crippen LogP contribution in [0.2, 0.25) is 10.0 Å². The maximum Gasteiger partial charge on any atom is 0.0924 e. The van der Waals surface area contributed by atoms with Crippen LogP contribution in [0.4, 0.5) is 5.69 Å². The van der Waals surface area contributed by atoms with Crippen LogP contribution in [-0.2, 0) is 0 Å². The molecule has 2 aromatic rings. The molecule has 0 saturated carbocycles. The lowest BCUT2D eigenvalue weighted by Crippen LogP contribution is -1.88. The summed E-state index contributed by atoms with van der Waals surface area (Å²) in [6.07, 6.45) is 3.24. The molecule has 2 rings (SSSR count). The molecule has 0 aliphatic carbocycles. The highest BCUT2D eigenvalue weighted by atomic mass is 35.5. The van der Waals surface area contributed by atoms with Crippen molar-refractivity contribution in [2.45, 2.75) is 0 Å². The van der Waals surface area contributed by atoms with Gasteiger partial charge in [-0.2, -0.15) is 0 Å². The Morgan fingerprint density at radius 3 is 2.71 bits per heavy atom. The minimum absolute atomic E-state index is 0.441. The number of nitrogens with zero attached hydrogens (tertiary/aromatic N) is 1. The fourth-order valence-electron chi connectivity index (χ4n) is 1.21. The summed E-state index contributed by atoms with van der Waals surface area (Å²) in [5.41, 5.74) is 7.78. The van der Waals surface area contributed by atoms with Gasteiger partial charge in [0.1, 0.15) is 0 Å². The summed E-state index contributed by atoms with van der Waals surface area (Å²) in [7, 11) is 0. The van der Waals surface area contributed by atoms with Gasteiger partial charge in [0.25, 0.3) is 0 Å². The molecule has 3 nitrogen and oxygen atoms in total. The highest BCUT2D eigenvalue weighted by molar-refractivity contribution is 6.43. The quantitative estimate of drug-likeness (QED) is 0.737. The zero-order valence-electron chi connectivity index (χ0n) is 7.09. The van der Waals surface area contributed by atoms with Gasteiger partial charge >= 0.3 is 0 Å². The van der Waals surface area contributed by atoms with Crippen LogP contribution in [-0.4, -0.2) is 9.97 Å². The van der Waals surface area contributed by atoms with E-state index < -0.39 is 0 Å². The lowest BCUT2D eigenvalue weighted by Gasteiger charge is -2.04. The average molecular weight is 228 g/mol. The third kappa shape index (κ3) is 1.56. The van der Waals surface area contributed by atoms with Gasteiger partial charge in [0, 0.05) is 11.3 Å². The van der Waals surface area contributed by atoms with E-state index in [0.717, 1.165) is 11.3 Å². The molecule has 0 amide bonds. The zero-order chi connectivity index (χ0) is 10.1. The third-order valence-corrected chi connectivity index (χ3v) is 2.64. The van der Waals surface area contributed by atoms with Crippen LogP contribution in [0, 0.1) is 0 Å². The number of halogens is 2. The molecule has 0 saturated heterocycles. The van der Waals surface area contributed by atoms with E-state index in [4.69, 9.17) is 28.9 Å². The lowest BCUT2D eigenvalue weighted by atomic mass is 10.1. The molecule has 72 valence electrons. The molecule has 0 unspecified atom stereocenters. The van der Waals surface area contributed by atoms with E-state index in [-0.39, 0.29) is 0 Å². The van der Waals surface area contributed by atoms with E-state index >= 15 is 0 Å². The van der Waals surface area contributed by atoms with Crippen LogP contribution < -0.4 is 5.73 Å². The van der Waals surface area contributed by atoms with Gasteiger partial charge < -0.3 is 10.7 Å². The van der Waals surface area contributed by atoms with Gasteiger partial charge in [-0.1, -0.05) is 23.2 Å². The summed E-state index contributed by atoms with van der Waals surface area (Å²) in [6.45, 7) is 0. The van der Waals surface area contributed by atoms with Gasteiger partial charge in [-0.05, 0) is 12.1 Å². The smallest absolute Gasteiger partial charge is 0.0924 e. The van der Waals surface area contributed by atoms with Gasteiger partial charge in [-0.25, -0.2) is 4.98 Å². The molecule has 0 aliphatic heterocycles. The number of aromatic nitrogens is 2. The number of nitrogens with one attached hydrogen (secondary N) is 1. The van der Waals surface area contributed by atoms with E-state index in [0.29, 0.717) is 15.7 Å². The molecular formula is C9H7Cl2N3. The van der Waals surface area contributed by atoms with Crippen molar-refractivity contribution < 1.29 is 0 Å². The number of rotatable bonds is 1. The van der Waals surface area contributed by atoms with Crippen LogP contribution in [0.15, 0.2) is 24.7 Å². The predicted molar refractivity (Wildman–Crippen MR) is 58.5 cm³/mol. The lowest BCUT2D eigenvalue weighted by molar-refractivity contribution is 1.31. The van der Waals surface area contributed by atoms with Crippen molar-refractivity contribution in [3.8, 4) is 11.3 Å². The third-order valence-electron chi connectivity index (χ3n) is 1.84. The first-order chi connectivity index (χ1) is 6.68. The Morgan fingerprint density at radius 2 is 2.07 bits per heavy atom. The molecule has 1 aromatic carbocycles. The number of aromatic amines is 1. The van der Waals surface area contributed by atoms with Crippen molar-refractivity contribution in [2.75, 3.05) is 5.73 Å². The average Bonchev–Trinajstić information content (AvgIpc) is 2.63. The first kappa shape index (κ1) is 9.37. The maximum absolute atomic E-state index is 6.02. The number of imidazole rings is 1. The maximum atomic E-state index is 6.02. The molecular weight excluding hydrogens is 221 g/mol. The SMILES string of the molecule is Nc1cc(Cl)c(Cl)c(-c2cnc[nH]2)c1. The second-order valence-corrected chi connectivity index (χ2v) is 3.61. The topological polar surface area (TPSA) is 54.7 Å². The first-order valence-electron chi connectivity index (χ1n) is 3.92. The van der Waals surface area contributed by atoms with E-state index in [1.54, 1.807) is 24.7 Å². The fourth-order valence-corrected chi connectivity index (χ4v) is 1.65. The number of anilines is 1. The summed E-state index contributed by atoms with van der Waals surface area (Å²) in [4.78, 5) is 6.84. The van der Waals surface area contributed by atoms with Crippen LogP contribution in [0.3, 0.4) is 0 Å². The molecule has 1 aromatic heterocycles. The number of nitrogen functional groups attached to an aromatic ring is 1. The van der Waals surface area contributed by atoms with Crippen LogP contribution >= 0.6 is 23.2 Å². The van der Waals surface area contributed by atoms with Gasteiger partial charge in [0.05, 0.1) is 28.3 Å². The highest BCUT2D eigenvalue weighted by Gasteiger charge is 2.09. The van der Waals surface area contributed by atoms with Crippen molar-refractivity contribution in [2.24, 2.45) is 0 Å². The second-order valence-electron chi connectivity index (χ2n) is 2.83. The number of hydrogen-bond donors (Lipinski definition) is 2. The largest absolute Gasteiger partial charge is 0.399 e. The molecule has 0 spiro atoms. The Balaban J connectivity index is 2.64. The summed E-state index contributed by atoms with van der Waals surface area (Å²) in [5.74, 6) is 0. The Bertz CT molecular complexity index is 451. The summed E-state index contributed by atoms with van der Waals surface area (Å²) >= 11 is 11.9. The Morgan fingerprint density at radius 1 is 1.29 bits per heavy atom. The minimum atomic E-state index is 0.441. The fraction of sp³-hybridized carbons (Fsp3) is 0. The Hall–Kier alpha value is -1.19. The van der Waals surface area contributed by atoms with Crippen molar-refractivity contribution >= 4 is 28.9 Å². The molecule has 5 heteroatoms. The van der Waals surface area contributed by atoms with E-state index in [2.05, 4.69) is 9.97 Å². The van der Waals surface area contributed by atoms with Gasteiger partial charge in [-0.3, -0.25) is 0 Å². The summed E-state index contributed by atoms with van der Waals surface area (Å²) < 4.78 is 0. The van der Waals surface area contributed by atoms with Crippen LogP contribution in [0.5, 0.6) is 0 Å². The van der Waals surface area contributed by atoms with Crippen molar-refractivity contribution in [3.05, 3.63) is 34.7 Å². The van der Waals surface area contributed by atoms with Crippen LogP contribution in [0.1, 0.15) is 0 Å². The number of benzene rings is 1. The van der Waals surface area contributed by atoms with Gasteiger partial charge in [0.2, 0.25) is 0 Å². The molecule has 0 fully saturated rings. The molecule has 14 heavy (non-hydrogen) atoms. The molecule has 3 N–H and O–H groups in total. The van der Waals surface area contributed by atoms with Crippen molar-refractivity contribution in [3.63, 3.8) is 0 Å². The standard InChI is InChI=1S/C9H7Cl2N3/c10-7-2-5(12)1-6(9(7)11)8-3-13-4-14-8/h1-4H,12H2,(H,13,14). The molecule has 0 radical (unpaired) electrons. The van der Waals surface area contributed by atoms with E-state index in [9.17, 15) is 0 Å². The minimum Gasteiger partial charge on any atom is -0.399 e. The van der Waals surface area contributed by atoms with E-state index in [1.807, 2.05) is 0 Å².